The van der Waals surface area contributed by atoms with Crippen molar-refractivity contribution in [1.82, 2.24) is 4.90 Å². The molecule has 3 rings (SSSR count). The van der Waals surface area contributed by atoms with Gasteiger partial charge in [0, 0.05) is 35.4 Å². The minimum atomic E-state index is -0.307. The first-order valence-corrected chi connectivity index (χ1v) is 7.28. The van der Waals surface area contributed by atoms with Gasteiger partial charge in [-0.2, -0.15) is 0 Å². The summed E-state index contributed by atoms with van der Waals surface area (Å²) in [5.41, 5.74) is 1.85. The van der Waals surface area contributed by atoms with Crippen molar-refractivity contribution in [2.45, 2.75) is 50.7 Å². The van der Waals surface area contributed by atoms with Gasteiger partial charge < -0.3 is 10.2 Å². The first-order chi connectivity index (χ1) is 9.56. The highest BCUT2D eigenvalue weighted by Crippen LogP contribution is 2.36. The molecule has 0 saturated carbocycles. The van der Waals surface area contributed by atoms with E-state index in [0.29, 0.717) is 18.1 Å². The number of fused-ring (bicyclic) bond motifs is 2. The van der Waals surface area contributed by atoms with Crippen LogP contribution in [-0.4, -0.2) is 35.0 Å². The molecule has 0 aliphatic carbocycles. The Balaban J connectivity index is 1.76. The van der Waals surface area contributed by atoms with E-state index in [1.165, 1.54) is 12.8 Å². The van der Waals surface area contributed by atoms with Crippen LogP contribution in [0.3, 0.4) is 0 Å². The molecule has 1 N–H and O–H groups in total. The zero-order valence-corrected chi connectivity index (χ0v) is 12.0. The number of piperidine rings is 1. The molecule has 2 fully saturated rings. The molecule has 0 spiro atoms. The van der Waals surface area contributed by atoms with E-state index in [4.69, 9.17) is 0 Å². The summed E-state index contributed by atoms with van der Waals surface area (Å²) >= 11 is 0. The second-order valence-corrected chi connectivity index (χ2v) is 6.07. The third-order valence-electron chi connectivity index (χ3n) is 4.96. The maximum Gasteiger partial charge on any atom is 0.274 e. The van der Waals surface area contributed by atoms with Crippen LogP contribution in [0.1, 0.15) is 31.2 Å². The van der Waals surface area contributed by atoms with E-state index in [-0.39, 0.29) is 10.6 Å². The van der Waals surface area contributed by atoms with E-state index in [9.17, 15) is 10.1 Å². The summed E-state index contributed by atoms with van der Waals surface area (Å²) < 4.78 is 0. The quantitative estimate of drug-likeness (QED) is 0.680. The van der Waals surface area contributed by atoms with Crippen LogP contribution in [0.5, 0.6) is 0 Å². The molecule has 108 valence electrons. The standard InChI is InChI=1S/C15H21N3O2/c1-10-14(4-3-5-15(10)18(19)20)16-11-8-12-6-7-13(9-11)17(12)2/h3-5,11-13,16H,6-9H2,1-2H3. The van der Waals surface area contributed by atoms with Crippen molar-refractivity contribution in [3.8, 4) is 0 Å². The van der Waals surface area contributed by atoms with Crippen LogP contribution in [0, 0.1) is 17.0 Å². The Morgan fingerprint density at radius 2 is 1.95 bits per heavy atom. The fourth-order valence-corrected chi connectivity index (χ4v) is 3.73. The number of anilines is 1. The molecule has 0 radical (unpaired) electrons. The lowest BCUT2D eigenvalue weighted by Crippen LogP contribution is -2.44. The molecular weight excluding hydrogens is 254 g/mol. The van der Waals surface area contributed by atoms with Crippen molar-refractivity contribution < 1.29 is 4.92 Å². The molecule has 0 aromatic heterocycles. The Hall–Kier alpha value is -1.62. The van der Waals surface area contributed by atoms with Crippen molar-refractivity contribution in [2.24, 2.45) is 0 Å². The van der Waals surface area contributed by atoms with Gasteiger partial charge in [-0.05, 0) is 45.7 Å². The number of nitro groups is 1. The van der Waals surface area contributed by atoms with Crippen molar-refractivity contribution in [3.63, 3.8) is 0 Å². The molecular formula is C15H21N3O2. The highest BCUT2D eigenvalue weighted by atomic mass is 16.6. The van der Waals surface area contributed by atoms with Crippen molar-refractivity contribution in [2.75, 3.05) is 12.4 Å². The topological polar surface area (TPSA) is 58.4 Å². The predicted octanol–water partition coefficient (Wildman–Crippen LogP) is 2.94. The molecule has 2 unspecified atom stereocenters. The fourth-order valence-electron chi connectivity index (χ4n) is 3.73. The molecule has 0 amide bonds. The molecule has 5 nitrogen and oxygen atoms in total. The summed E-state index contributed by atoms with van der Waals surface area (Å²) in [6, 6.07) is 7.05. The summed E-state index contributed by atoms with van der Waals surface area (Å²) in [7, 11) is 2.22. The zero-order chi connectivity index (χ0) is 14.3. The van der Waals surface area contributed by atoms with E-state index >= 15 is 0 Å². The minimum absolute atomic E-state index is 0.200. The van der Waals surface area contributed by atoms with E-state index in [2.05, 4.69) is 17.3 Å². The van der Waals surface area contributed by atoms with Gasteiger partial charge in [-0.1, -0.05) is 6.07 Å². The van der Waals surface area contributed by atoms with Gasteiger partial charge in [-0.25, -0.2) is 0 Å². The maximum absolute atomic E-state index is 11.0. The Morgan fingerprint density at radius 3 is 2.55 bits per heavy atom. The van der Waals surface area contributed by atoms with Crippen LogP contribution in [0.15, 0.2) is 18.2 Å². The van der Waals surface area contributed by atoms with Gasteiger partial charge in [0.1, 0.15) is 0 Å². The number of hydrogen-bond donors (Lipinski definition) is 1. The molecule has 2 saturated heterocycles. The van der Waals surface area contributed by atoms with Crippen LogP contribution in [0.4, 0.5) is 11.4 Å². The van der Waals surface area contributed by atoms with Crippen molar-refractivity contribution >= 4 is 11.4 Å². The predicted molar refractivity (Wildman–Crippen MR) is 79.1 cm³/mol. The van der Waals surface area contributed by atoms with Crippen LogP contribution in [-0.2, 0) is 0 Å². The highest BCUT2D eigenvalue weighted by Gasteiger charge is 2.38. The summed E-state index contributed by atoms with van der Waals surface area (Å²) in [6.07, 6.45) is 4.84. The number of nitrogens with one attached hydrogen (secondary N) is 1. The maximum atomic E-state index is 11.0. The molecule has 1 aromatic carbocycles. The van der Waals surface area contributed by atoms with E-state index < -0.39 is 0 Å². The number of hydrogen-bond acceptors (Lipinski definition) is 4. The first kappa shape index (κ1) is 13.4. The molecule has 2 bridgehead atoms. The monoisotopic (exact) mass is 275 g/mol. The Bertz CT molecular complexity index is 518. The highest BCUT2D eigenvalue weighted by molar-refractivity contribution is 5.60. The Labute approximate surface area is 119 Å². The molecule has 1 aromatic rings. The molecule has 2 aliphatic rings. The molecule has 2 atom stereocenters. The van der Waals surface area contributed by atoms with Crippen molar-refractivity contribution in [1.29, 1.82) is 0 Å². The molecule has 2 aliphatic heterocycles. The van der Waals surface area contributed by atoms with Crippen molar-refractivity contribution in [3.05, 3.63) is 33.9 Å². The van der Waals surface area contributed by atoms with Crippen LogP contribution >= 0.6 is 0 Å². The van der Waals surface area contributed by atoms with Gasteiger partial charge in [-0.15, -0.1) is 0 Å². The van der Waals surface area contributed by atoms with Gasteiger partial charge in [-0.3, -0.25) is 10.1 Å². The lowest BCUT2D eigenvalue weighted by molar-refractivity contribution is -0.385. The Morgan fingerprint density at radius 1 is 1.30 bits per heavy atom. The lowest BCUT2D eigenvalue weighted by Gasteiger charge is -2.37. The van der Waals surface area contributed by atoms with E-state index in [1.54, 1.807) is 12.1 Å². The number of nitro benzene ring substituents is 1. The minimum Gasteiger partial charge on any atom is -0.382 e. The largest absolute Gasteiger partial charge is 0.382 e. The van der Waals surface area contributed by atoms with Gasteiger partial charge >= 0.3 is 0 Å². The smallest absolute Gasteiger partial charge is 0.274 e. The van der Waals surface area contributed by atoms with E-state index in [1.807, 2.05) is 13.0 Å². The zero-order valence-electron chi connectivity index (χ0n) is 12.0. The number of nitrogens with zero attached hydrogens (tertiary/aromatic N) is 2. The average molecular weight is 275 g/mol. The molecule has 2 heterocycles. The third-order valence-corrected chi connectivity index (χ3v) is 4.96. The van der Waals surface area contributed by atoms with Gasteiger partial charge in [0.25, 0.3) is 5.69 Å². The third kappa shape index (κ3) is 2.26. The molecule has 20 heavy (non-hydrogen) atoms. The summed E-state index contributed by atoms with van der Waals surface area (Å²) in [4.78, 5) is 13.2. The SMILES string of the molecule is Cc1c(NC2CC3CCC(C2)N3C)cccc1[N+](=O)[O-]. The molecule has 5 heteroatoms. The summed E-state index contributed by atoms with van der Waals surface area (Å²) in [5, 5.41) is 14.5. The van der Waals surface area contributed by atoms with Gasteiger partial charge in [0.05, 0.1) is 4.92 Å². The second kappa shape index (κ2) is 5.05. The van der Waals surface area contributed by atoms with Crippen LogP contribution in [0.2, 0.25) is 0 Å². The van der Waals surface area contributed by atoms with Crippen LogP contribution in [0.25, 0.3) is 0 Å². The average Bonchev–Trinajstić information content (AvgIpc) is 2.63. The van der Waals surface area contributed by atoms with Gasteiger partial charge in [0.2, 0.25) is 0 Å². The second-order valence-electron chi connectivity index (χ2n) is 6.07. The fraction of sp³-hybridized carbons (Fsp3) is 0.600. The Kier molecular flexibility index (Phi) is 3.38. The summed E-state index contributed by atoms with van der Waals surface area (Å²) in [5.74, 6) is 0. The van der Waals surface area contributed by atoms with Gasteiger partial charge in [0.15, 0.2) is 0 Å². The number of benzene rings is 1. The first-order valence-electron chi connectivity index (χ1n) is 7.28. The van der Waals surface area contributed by atoms with Crippen LogP contribution < -0.4 is 5.32 Å². The number of rotatable bonds is 3. The summed E-state index contributed by atoms with van der Waals surface area (Å²) in [6.45, 7) is 1.82. The van der Waals surface area contributed by atoms with E-state index in [0.717, 1.165) is 24.1 Å². The lowest BCUT2D eigenvalue weighted by atomic mass is 9.97. The normalized spacial score (nSPS) is 29.4.